The smallest absolute Gasteiger partial charge is 0.242 e. The maximum absolute atomic E-state index is 11.9. The Morgan fingerprint density at radius 2 is 1.93 bits per heavy atom. The van der Waals surface area contributed by atoms with E-state index in [1.165, 1.54) is 6.07 Å². The van der Waals surface area contributed by atoms with E-state index in [0.29, 0.717) is 5.69 Å². The third-order valence-electron chi connectivity index (χ3n) is 2.23. The molecule has 15 heavy (non-hydrogen) atoms. The van der Waals surface area contributed by atoms with Gasteiger partial charge in [-0.2, -0.15) is 0 Å². The van der Waals surface area contributed by atoms with Gasteiger partial charge in [-0.1, -0.05) is 12.1 Å². The van der Waals surface area contributed by atoms with Crippen LogP contribution in [0.5, 0.6) is 0 Å². The Balaban J connectivity index is 2.34. The summed E-state index contributed by atoms with van der Waals surface area (Å²) in [6.45, 7) is 0. The van der Waals surface area contributed by atoms with E-state index in [-0.39, 0.29) is 10.9 Å². The van der Waals surface area contributed by atoms with Gasteiger partial charge in [0.15, 0.2) is 0 Å². The summed E-state index contributed by atoms with van der Waals surface area (Å²) in [4.78, 5) is 0.194. The minimum absolute atomic E-state index is 0.0980. The molecule has 0 aliphatic heterocycles. The Labute approximate surface area is 88.7 Å². The van der Waals surface area contributed by atoms with Gasteiger partial charge in [-0.15, -0.1) is 0 Å². The highest BCUT2D eigenvalue weighted by Crippen LogP contribution is 2.25. The molecule has 0 radical (unpaired) electrons. The molecule has 1 aliphatic rings. The SMILES string of the molecule is NNc1ccccc1S(=O)(=O)NC1CC1. The molecule has 0 aromatic heterocycles. The molecule has 0 spiro atoms. The van der Waals surface area contributed by atoms with E-state index < -0.39 is 10.0 Å². The van der Waals surface area contributed by atoms with Gasteiger partial charge < -0.3 is 5.43 Å². The number of hydrazine groups is 1. The zero-order chi connectivity index (χ0) is 10.9. The second kappa shape index (κ2) is 3.80. The highest BCUT2D eigenvalue weighted by atomic mass is 32.2. The van der Waals surface area contributed by atoms with Crippen molar-refractivity contribution in [3.05, 3.63) is 24.3 Å². The molecular formula is C9H13N3O2S. The maximum Gasteiger partial charge on any atom is 0.242 e. The molecule has 0 heterocycles. The number of hydrogen-bond acceptors (Lipinski definition) is 4. The van der Waals surface area contributed by atoms with E-state index in [1.807, 2.05) is 0 Å². The Hall–Kier alpha value is -1.11. The Bertz CT molecular complexity index is 454. The monoisotopic (exact) mass is 227 g/mol. The molecule has 5 nitrogen and oxygen atoms in total. The van der Waals surface area contributed by atoms with Gasteiger partial charge in [0, 0.05) is 6.04 Å². The van der Waals surface area contributed by atoms with Crippen LogP contribution >= 0.6 is 0 Å². The molecule has 1 fully saturated rings. The lowest BCUT2D eigenvalue weighted by molar-refractivity contribution is 0.581. The van der Waals surface area contributed by atoms with Crippen molar-refractivity contribution in [1.29, 1.82) is 0 Å². The maximum atomic E-state index is 11.9. The third-order valence-corrected chi connectivity index (χ3v) is 3.81. The number of nitrogens with one attached hydrogen (secondary N) is 2. The average Bonchev–Trinajstić information content (AvgIpc) is 3.01. The van der Waals surface area contributed by atoms with Crippen LogP contribution in [0.2, 0.25) is 0 Å². The molecule has 0 atom stereocenters. The Morgan fingerprint density at radius 1 is 1.27 bits per heavy atom. The number of nitrogen functional groups attached to an aromatic ring is 1. The van der Waals surface area contributed by atoms with Crippen LogP contribution in [-0.2, 0) is 10.0 Å². The van der Waals surface area contributed by atoms with Crippen molar-refractivity contribution in [1.82, 2.24) is 4.72 Å². The average molecular weight is 227 g/mol. The highest BCUT2D eigenvalue weighted by Gasteiger charge is 2.28. The van der Waals surface area contributed by atoms with Crippen LogP contribution in [0.1, 0.15) is 12.8 Å². The van der Waals surface area contributed by atoms with E-state index in [0.717, 1.165) is 12.8 Å². The van der Waals surface area contributed by atoms with Gasteiger partial charge in [-0.25, -0.2) is 13.1 Å². The number of nitrogens with two attached hydrogens (primary N) is 1. The van der Waals surface area contributed by atoms with Gasteiger partial charge >= 0.3 is 0 Å². The first-order chi connectivity index (χ1) is 7.13. The molecule has 0 unspecified atom stereocenters. The fourth-order valence-corrected chi connectivity index (χ4v) is 2.78. The van der Waals surface area contributed by atoms with Crippen LogP contribution in [-0.4, -0.2) is 14.5 Å². The number of anilines is 1. The number of benzene rings is 1. The second-order valence-corrected chi connectivity index (χ2v) is 5.22. The second-order valence-electron chi connectivity index (χ2n) is 3.54. The molecule has 0 amide bonds. The first-order valence-electron chi connectivity index (χ1n) is 4.71. The van der Waals surface area contributed by atoms with Crippen molar-refractivity contribution in [2.45, 2.75) is 23.8 Å². The Kier molecular flexibility index (Phi) is 2.64. The summed E-state index contributed by atoms with van der Waals surface area (Å²) < 4.78 is 26.3. The summed E-state index contributed by atoms with van der Waals surface area (Å²) in [5, 5.41) is 0. The summed E-state index contributed by atoms with van der Waals surface area (Å²) in [5.74, 6) is 5.25. The van der Waals surface area contributed by atoms with Gasteiger partial charge in [0.2, 0.25) is 10.0 Å². The lowest BCUT2D eigenvalue weighted by Crippen LogP contribution is -2.27. The largest absolute Gasteiger partial charge is 0.323 e. The van der Waals surface area contributed by atoms with Crippen LogP contribution in [0.25, 0.3) is 0 Å². The predicted octanol–water partition coefficient (Wildman–Crippen LogP) is 0.413. The normalized spacial score (nSPS) is 16.3. The lowest BCUT2D eigenvalue weighted by Gasteiger charge is -2.09. The highest BCUT2D eigenvalue weighted by molar-refractivity contribution is 7.89. The molecule has 0 saturated heterocycles. The van der Waals surface area contributed by atoms with Gasteiger partial charge in [0.25, 0.3) is 0 Å². The topological polar surface area (TPSA) is 84.2 Å². The summed E-state index contributed by atoms with van der Waals surface area (Å²) in [5.41, 5.74) is 2.78. The number of hydrogen-bond donors (Lipinski definition) is 3. The molecule has 82 valence electrons. The lowest BCUT2D eigenvalue weighted by atomic mass is 10.3. The van der Waals surface area contributed by atoms with Crippen LogP contribution in [0.4, 0.5) is 5.69 Å². The predicted molar refractivity (Wildman–Crippen MR) is 57.6 cm³/mol. The van der Waals surface area contributed by atoms with Crippen LogP contribution in [0, 0.1) is 0 Å². The van der Waals surface area contributed by atoms with E-state index in [2.05, 4.69) is 10.1 Å². The zero-order valence-corrected chi connectivity index (χ0v) is 8.92. The van der Waals surface area contributed by atoms with Gasteiger partial charge in [0.05, 0.1) is 5.69 Å². The van der Waals surface area contributed by atoms with Crippen molar-refractivity contribution in [2.24, 2.45) is 5.84 Å². The summed E-state index contributed by atoms with van der Waals surface area (Å²) in [6.07, 6.45) is 1.83. The van der Waals surface area contributed by atoms with Crippen molar-refractivity contribution < 1.29 is 8.42 Å². The van der Waals surface area contributed by atoms with E-state index in [1.54, 1.807) is 18.2 Å². The molecule has 6 heteroatoms. The molecule has 0 bridgehead atoms. The summed E-state index contributed by atoms with van der Waals surface area (Å²) in [7, 11) is -3.43. The molecule has 1 aromatic carbocycles. The van der Waals surface area contributed by atoms with E-state index in [9.17, 15) is 8.42 Å². The zero-order valence-electron chi connectivity index (χ0n) is 8.10. The van der Waals surface area contributed by atoms with E-state index in [4.69, 9.17) is 5.84 Å². The molecule has 1 saturated carbocycles. The van der Waals surface area contributed by atoms with Crippen molar-refractivity contribution in [3.8, 4) is 0 Å². The first kappa shape index (κ1) is 10.4. The van der Waals surface area contributed by atoms with E-state index >= 15 is 0 Å². The van der Waals surface area contributed by atoms with Crippen LogP contribution in [0.3, 0.4) is 0 Å². The number of rotatable bonds is 4. The van der Waals surface area contributed by atoms with Crippen LogP contribution in [0.15, 0.2) is 29.2 Å². The standard InChI is InChI=1S/C9H13N3O2S/c10-11-8-3-1-2-4-9(8)15(13,14)12-7-5-6-7/h1-4,7,11-12H,5-6,10H2. The van der Waals surface area contributed by atoms with Crippen molar-refractivity contribution in [3.63, 3.8) is 0 Å². The Morgan fingerprint density at radius 3 is 2.53 bits per heavy atom. The minimum Gasteiger partial charge on any atom is -0.323 e. The summed E-state index contributed by atoms with van der Waals surface area (Å²) >= 11 is 0. The third kappa shape index (κ3) is 2.28. The van der Waals surface area contributed by atoms with Gasteiger partial charge in [-0.3, -0.25) is 5.84 Å². The number of para-hydroxylation sites is 1. The molecule has 1 aromatic rings. The van der Waals surface area contributed by atoms with Gasteiger partial charge in [0.1, 0.15) is 4.90 Å². The molecule has 4 N–H and O–H groups in total. The van der Waals surface area contributed by atoms with Crippen molar-refractivity contribution in [2.75, 3.05) is 5.43 Å². The quantitative estimate of drug-likeness (QED) is 0.514. The first-order valence-corrected chi connectivity index (χ1v) is 6.20. The molecule has 2 rings (SSSR count). The van der Waals surface area contributed by atoms with Crippen molar-refractivity contribution >= 4 is 15.7 Å². The number of sulfonamides is 1. The fraction of sp³-hybridized carbons (Fsp3) is 0.333. The summed E-state index contributed by atoms with van der Waals surface area (Å²) in [6, 6.07) is 6.65. The molecule has 1 aliphatic carbocycles. The molecular weight excluding hydrogens is 214 g/mol. The minimum atomic E-state index is -3.43. The fourth-order valence-electron chi connectivity index (χ4n) is 1.30. The van der Waals surface area contributed by atoms with Crippen LogP contribution < -0.4 is 16.0 Å². The van der Waals surface area contributed by atoms with Gasteiger partial charge in [-0.05, 0) is 25.0 Å².